The zero-order valence-corrected chi connectivity index (χ0v) is 21.8. The minimum atomic E-state index is -0.579. The summed E-state index contributed by atoms with van der Waals surface area (Å²) in [6.07, 6.45) is 1.64. The summed E-state index contributed by atoms with van der Waals surface area (Å²) >= 11 is 7.71. The van der Waals surface area contributed by atoms with Crippen LogP contribution in [0.2, 0.25) is 5.02 Å². The molecule has 0 saturated heterocycles. The molecule has 1 aromatic heterocycles. The third-order valence-electron chi connectivity index (χ3n) is 6.00. The lowest BCUT2D eigenvalue weighted by molar-refractivity contribution is 0.0740. The highest BCUT2D eigenvalue weighted by atomic mass is 35.5. The highest BCUT2D eigenvalue weighted by Crippen LogP contribution is 2.45. The van der Waals surface area contributed by atoms with Gasteiger partial charge in [-0.15, -0.1) is 11.3 Å². The van der Waals surface area contributed by atoms with Gasteiger partial charge in [0.2, 0.25) is 5.88 Å². The summed E-state index contributed by atoms with van der Waals surface area (Å²) in [5.41, 5.74) is 7.83. The van der Waals surface area contributed by atoms with E-state index in [0.717, 1.165) is 15.6 Å². The maximum absolute atomic E-state index is 13.0. The molecule has 1 aliphatic rings. The van der Waals surface area contributed by atoms with Crippen molar-refractivity contribution in [1.29, 1.82) is 5.26 Å². The first-order valence-corrected chi connectivity index (χ1v) is 12.7. The van der Waals surface area contributed by atoms with Gasteiger partial charge < -0.3 is 24.7 Å². The van der Waals surface area contributed by atoms with Gasteiger partial charge in [-0.3, -0.25) is 0 Å². The number of hydrogen-bond acceptors (Lipinski definition) is 8. The van der Waals surface area contributed by atoms with E-state index in [-0.39, 0.29) is 17.2 Å². The normalized spacial score (nSPS) is 14.3. The Balaban J connectivity index is 1.48. The Morgan fingerprint density at radius 2 is 2.03 bits per heavy atom. The van der Waals surface area contributed by atoms with E-state index < -0.39 is 11.9 Å². The number of esters is 1. The van der Waals surface area contributed by atoms with Gasteiger partial charge in [0.1, 0.15) is 34.6 Å². The fraction of sp³-hybridized carbons (Fsp3) is 0.103. The van der Waals surface area contributed by atoms with E-state index in [0.29, 0.717) is 39.3 Å². The molecule has 0 aliphatic carbocycles. The van der Waals surface area contributed by atoms with Crippen LogP contribution < -0.4 is 24.7 Å². The molecule has 38 heavy (non-hydrogen) atoms. The standard InChI is InChI=1S/C29H21ClN2O5S/c1-3-12-35-21-11-8-16(13-23(21)34-2)25-18-10-9-17(14-22(18)37-28(32)20(25)15-31)36-29(33)27-26(30)19-6-4-5-7-24(19)38-27/h3-11,13-14,25H,1,12,32H2,2H3. The zero-order valence-electron chi connectivity index (χ0n) is 20.2. The first kappa shape index (κ1) is 25.2. The molecule has 190 valence electrons. The molecule has 0 fully saturated rings. The molecule has 1 aliphatic heterocycles. The predicted octanol–water partition coefficient (Wildman–Crippen LogP) is 6.57. The first-order valence-electron chi connectivity index (χ1n) is 11.5. The van der Waals surface area contributed by atoms with Gasteiger partial charge in [0, 0.05) is 21.7 Å². The van der Waals surface area contributed by atoms with Crippen molar-refractivity contribution in [3.05, 3.63) is 106 Å². The number of rotatable bonds is 7. The maximum atomic E-state index is 13.0. The van der Waals surface area contributed by atoms with Crippen molar-refractivity contribution in [3.63, 3.8) is 0 Å². The lowest BCUT2D eigenvalue weighted by atomic mass is 9.83. The van der Waals surface area contributed by atoms with Gasteiger partial charge in [0.05, 0.1) is 18.1 Å². The van der Waals surface area contributed by atoms with Crippen LogP contribution in [0.25, 0.3) is 10.1 Å². The van der Waals surface area contributed by atoms with Crippen LogP contribution >= 0.6 is 22.9 Å². The van der Waals surface area contributed by atoms with Crippen LogP contribution in [0, 0.1) is 11.3 Å². The Labute approximate surface area is 227 Å². The van der Waals surface area contributed by atoms with Crippen molar-refractivity contribution in [1.82, 2.24) is 0 Å². The number of nitrogens with zero attached hydrogens (tertiary/aromatic N) is 1. The predicted molar refractivity (Wildman–Crippen MR) is 146 cm³/mol. The molecule has 5 rings (SSSR count). The number of nitriles is 1. The average molecular weight is 545 g/mol. The fourth-order valence-electron chi connectivity index (χ4n) is 4.27. The van der Waals surface area contributed by atoms with Gasteiger partial charge in [-0.1, -0.05) is 54.6 Å². The smallest absolute Gasteiger partial charge is 0.355 e. The molecule has 7 nitrogen and oxygen atoms in total. The van der Waals surface area contributed by atoms with Crippen LogP contribution in [0.3, 0.4) is 0 Å². The number of fused-ring (bicyclic) bond motifs is 2. The van der Waals surface area contributed by atoms with Crippen molar-refractivity contribution >= 4 is 39.0 Å². The summed E-state index contributed by atoms with van der Waals surface area (Å²) in [7, 11) is 1.54. The van der Waals surface area contributed by atoms with Crippen molar-refractivity contribution in [2.45, 2.75) is 5.92 Å². The molecule has 3 aromatic carbocycles. The molecular weight excluding hydrogens is 524 g/mol. The number of carbonyl (C=O) groups excluding carboxylic acids is 1. The lowest BCUT2D eigenvalue weighted by Gasteiger charge is -2.27. The fourth-order valence-corrected chi connectivity index (χ4v) is 5.66. The Kier molecular flexibility index (Phi) is 6.97. The maximum Gasteiger partial charge on any atom is 0.355 e. The van der Waals surface area contributed by atoms with E-state index in [1.54, 1.807) is 36.4 Å². The summed E-state index contributed by atoms with van der Waals surface area (Å²) in [6.45, 7) is 3.98. The zero-order chi connectivity index (χ0) is 26.8. The molecule has 4 aromatic rings. The van der Waals surface area contributed by atoms with E-state index in [4.69, 9.17) is 36.3 Å². The number of allylic oxidation sites excluding steroid dienone is 1. The van der Waals surface area contributed by atoms with Crippen LogP contribution in [0.4, 0.5) is 0 Å². The van der Waals surface area contributed by atoms with Crippen LogP contribution in [-0.4, -0.2) is 19.7 Å². The molecule has 0 spiro atoms. The largest absolute Gasteiger partial charge is 0.493 e. The number of carbonyl (C=O) groups is 1. The minimum absolute atomic E-state index is 0.0352. The molecule has 0 radical (unpaired) electrons. The van der Waals surface area contributed by atoms with Gasteiger partial charge in [-0.2, -0.15) is 5.26 Å². The van der Waals surface area contributed by atoms with Gasteiger partial charge in [-0.25, -0.2) is 4.79 Å². The van der Waals surface area contributed by atoms with Crippen LogP contribution in [0.5, 0.6) is 23.0 Å². The van der Waals surface area contributed by atoms with E-state index in [1.165, 1.54) is 18.4 Å². The van der Waals surface area contributed by atoms with Crippen molar-refractivity contribution < 1.29 is 23.7 Å². The molecular formula is C29H21ClN2O5S. The molecule has 0 amide bonds. The summed E-state index contributed by atoms with van der Waals surface area (Å²) in [6, 6.07) is 20.0. The number of thiophene rings is 1. The minimum Gasteiger partial charge on any atom is -0.493 e. The van der Waals surface area contributed by atoms with E-state index in [1.807, 2.05) is 30.3 Å². The lowest BCUT2D eigenvalue weighted by Crippen LogP contribution is -2.21. The highest BCUT2D eigenvalue weighted by Gasteiger charge is 2.32. The summed E-state index contributed by atoms with van der Waals surface area (Å²) < 4.78 is 23.5. The third-order valence-corrected chi connectivity index (χ3v) is 7.65. The second-order valence-electron chi connectivity index (χ2n) is 8.27. The highest BCUT2D eigenvalue weighted by molar-refractivity contribution is 7.21. The second kappa shape index (κ2) is 10.5. The molecule has 2 N–H and O–H groups in total. The SMILES string of the molecule is C=CCOc1ccc(C2C(C#N)=C(N)Oc3cc(OC(=O)c4sc5ccccc5c4Cl)ccc32)cc1OC. The molecule has 1 unspecified atom stereocenters. The number of ether oxygens (including phenoxy) is 4. The van der Waals surface area contributed by atoms with Gasteiger partial charge in [0.15, 0.2) is 11.5 Å². The Bertz CT molecular complexity index is 1650. The topological polar surface area (TPSA) is 104 Å². The number of benzene rings is 3. The second-order valence-corrected chi connectivity index (χ2v) is 9.70. The van der Waals surface area contributed by atoms with Crippen molar-refractivity contribution in [2.75, 3.05) is 13.7 Å². The van der Waals surface area contributed by atoms with Gasteiger partial charge >= 0.3 is 5.97 Å². The Hall–Kier alpha value is -4.45. The summed E-state index contributed by atoms with van der Waals surface area (Å²) in [4.78, 5) is 13.3. The van der Waals surface area contributed by atoms with E-state index >= 15 is 0 Å². The van der Waals surface area contributed by atoms with Gasteiger partial charge in [0.25, 0.3) is 0 Å². The van der Waals surface area contributed by atoms with Crippen molar-refractivity contribution in [3.8, 4) is 29.1 Å². The molecule has 0 saturated carbocycles. The van der Waals surface area contributed by atoms with E-state index in [9.17, 15) is 10.1 Å². The number of nitrogens with two attached hydrogens (primary N) is 1. The summed E-state index contributed by atoms with van der Waals surface area (Å²) in [5, 5.41) is 11.0. The number of hydrogen-bond donors (Lipinski definition) is 1. The van der Waals surface area contributed by atoms with E-state index in [2.05, 4.69) is 12.6 Å². The van der Waals surface area contributed by atoms with Crippen molar-refractivity contribution in [2.24, 2.45) is 5.73 Å². The molecule has 2 heterocycles. The molecule has 0 bridgehead atoms. The Morgan fingerprint density at radius 1 is 1.21 bits per heavy atom. The van der Waals surface area contributed by atoms with Crippen LogP contribution in [0.15, 0.2) is 84.8 Å². The van der Waals surface area contributed by atoms with Crippen LogP contribution in [0.1, 0.15) is 26.7 Å². The molecule has 1 atom stereocenters. The molecule has 9 heteroatoms. The first-order chi connectivity index (χ1) is 18.4. The third kappa shape index (κ3) is 4.54. The van der Waals surface area contributed by atoms with Crippen LogP contribution in [-0.2, 0) is 0 Å². The average Bonchev–Trinajstić information content (AvgIpc) is 3.27. The Morgan fingerprint density at radius 3 is 2.76 bits per heavy atom. The van der Waals surface area contributed by atoms with Gasteiger partial charge in [-0.05, 0) is 29.8 Å². The summed E-state index contributed by atoms with van der Waals surface area (Å²) in [5.74, 6) is 0.509. The number of halogens is 1. The monoisotopic (exact) mass is 544 g/mol. The number of methoxy groups -OCH3 is 1. The quantitative estimate of drug-likeness (QED) is 0.159.